The third-order valence-corrected chi connectivity index (χ3v) is 4.01. The molecule has 4 nitrogen and oxygen atoms in total. The van der Waals surface area contributed by atoms with Gasteiger partial charge in [0.15, 0.2) is 5.96 Å². The van der Waals surface area contributed by atoms with Crippen LogP contribution in [-0.2, 0) is 17.9 Å². The van der Waals surface area contributed by atoms with Crippen molar-refractivity contribution in [1.82, 2.24) is 10.6 Å². The van der Waals surface area contributed by atoms with Gasteiger partial charge in [0, 0.05) is 20.2 Å². The van der Waals surface area contributed by atoms with E-state index in [0.29, 0.717) is 19.1 Å². The highest BCUT2D eigenvalue weighted by atomic mass is 16.5. The minimum Gasteiger partial charge on any atom is -0.380 e. The Bertz CT molecular complexity index is 655. The molecule has 0 saturated carbocycles. The fourth-order valence-corrected chi connectivity index (χ4v) is 2.65. The Hall–Kier alpha value is -2.33. The molecule has 25 heavy (non-hydrogen) atoms. The predicted octanol–water partition coefficient (Wildman–Crippen LogP) is 3.69. The van der Waals surface area contributed by atoms with Gasteiger partial charge in [-0.2, -0.15) is 0 Å². The van der Waals surface area contributed by atoms with Gasteiger partial charge in [-0.05, 0) is 29.5 Å². The van der Waals surface area contributed by atoms with Crippen LogP contribution in [0.2, 0.25) is 0 Å². The van der Waals surface area contributed by atoms with Gasteiger partial charge in [-0.1, -0.05) is 61.5 Å². The number of nitrogens with zero attached hydrogens (tertiary/aromatic N) is 1. The number of methoxy groups -OCH3 is 1. The van der Waals surface area contributed by atoms with E-state index in [0.717, 1.165) is 19.0 Å². The zero-order chi connectivity index (χ0) is 17.9. The lowest BCUT2D eigenvalue weighted by atomic mass is 10.0. The third kappa shape index (κ3) is 6.59. The molecule has 0 aromatic heterocycles. The van der Waals surface area contributed by atoms with E-state index < -0.39 is 0 Å². The summed E-state index contributed by atoms with van der Waals surface area (Å²) in [6.07, 6.45) is 0. The highest BCUT2D eigenvalue weighted by Crippen LogP contribution is 2.13. The monoisotopic (exact) mass is 339 g/mol. The molecule has 0 bridgehead atoms. The Kier molecular flexibility index (Phi) is 7.99. The lowest BCUT2D eigenvalue weighted by Gasteiger charge is -2.16. The van der Waals surface area contributed by atoms with E-state index in [9.17, 15) is 0 Å². The Balaban J connectivity index is 1.95. The fraction of sp³-hybridized carbons (Fsp3) is 0.381. The maximum absolute atomic E-state index is 5.19. The van der Waals surface area contributed by atoms with Gasteiger partial charge in [0.2, 0.25) is 0 Å². The first-order chi connectivity index (χ1) is 12.2. The van der Waals surface area contributed by atoms with Crippen LogP contribution in [0.3, 0.4) is 0 Å². The summed E-state index contributed by atoms with van der Waals surface area (Å²) in [5.41, 5.74) is 3.69. The van der Waals surface area contributed by atoms with Crippen molar-refractivity contribution in [1.29, 1.82) is 0 Å². The van der Waals surface area contributed by atoms with Crippen LogP contribution in [0.1, 0.15) is 36.5 Å². The summed E-state index contributed by atoms with van der Waals surface area (Å²) in [5.74, 6) is 1.28. The Morgan fingerprint density at radius 3 is 2.52 bits per heavy atom. The number of benzene rings is 2. The quantitative estimate of drug-likeness (QED) is 0.569. The number of guanidine groups is 1. The molecule has 0 radical (unpaired) electrons. The summed E-state index contributed by atoms with van der Waals surface area (Å²) < 4.78 is 5.19. The van der Waals surface area contributed by atoms with Crippen LogP contribution >= 0.6 is 0 Å². The summed E-state index contributed by atoms with van der Waals surface area (Å²) in [4.78, 5) is 4.70. The Labute approximate surface area is 151 Å². The minimum absolute atomic E-state index is 0.426. The van der Waals surface area contributed by atoms with E-state index in [1.807, 2.05) is 6.07 Å². The number of rotatable bonds is 8. The van der Waals surface area contributed by atoms with Gasteiger partial charge in [-0.25, -0.2) is 4.99 Å². The zero-order valence-corrected chi connectivity index (χ0v) is 15.5. The summed E-state index contributed by atoms with van der Waals surface area (Å²) in [6.45, 7) is 7.27. The standard InChI is InChI=1S/C21H29N3O/c1-4-22-21(23-14-17(2)20-11-6-5-7-12-20)24-15-18-9-8-10-19(13-18)16-25-3/h5-13,17H,4,14-16H2,1-3H3,(H2,22,23,24). The van der Waals surface area contributed by atoms with Gasteiger partial charge in [-0.3, -0.25) is 0 Å². The minimum atomic E-state index is 0.426. The molecule has 2 rings (SSSR count). The molecular weight excluding hydrogens is 310 g/mol. The first-order valence-corrected chi connectivity index (χ1v) is 8.86. The lowest BCUT2D eigenvalue weighted by molar-refractivity contribution is 0.185. The summed E-state index contributed by atoms with van der Waals surface area (Å²) >= 11 is 0. The number of hydrogen-bond donors (Lipinski definition) is 2. The van der Waals surface area contributed by atoms with Crippen LogP contribution in [0.4, 0.5) is 0 Å². The maximum Gasteiger partial charge on any atom is 0.191 e. The molecule has 0 amide bonds. The van der Waals surface area contributed by atoms with E-state index in [-0.39, 0.29) is 0 Å². The molecule has 2 aromatic carbocycles. The van der Waals surface area contributed by atoms with E-state index >= 15 is 0 Å². The summed E-state index contributed by atoms with van der Waals surface area (Å²) in [5, 5.41) is 6.76. The molecule has 134 valence electrons. The third-order valence-electron chi connectivity index (χ3n) is 4.01. The first-order valence-electron chi connectivity index (χ1n) is 8.86. The highest BCUT2D eigenvalue weighted by molar-refractivity contribution is 5.79. The molecule has 2 aromatic rings. The largest absolute Gasteiger partial charge is 0.380 e. The van der Waals surface area contributed by atoms with Crippen molar-refractivity contribution < 1.29 is 4.74 Å². The normalized spacial score (nSPS) is 12.7. The van der Waals surface area contributed by atoms with Gasteiger partial charge < -0.3 is 15.4 Å². The van der Waals surface area contributed by atoms with E-state index in [2.05, 4.69) is 73.0 Å². The molecule has 0 aliphatic heterocycles. The zero-order valence-electron chi connectivity index (χ0n) is 15.5. The fourth-order valence-electron chi connectivity index (χ4n) is 2.65. The Morgan fingerprint density at radius 1 is 1.04 bits per heavy atom. The van der Waals surface area contributed by atoms with Gasteiger partial charge in [0.25, 0.3) is 0 Å². The summed E-state index contributed by atoms with van der Waals surface area (Å²) in [6, 6.07) is 18.9. The van der Waals surface area contributed by atoms with Crippen molar-refractivity contribution in [2.75, 3.05) is 20.2 Å². The van der Waals surface area contributed by atoms with Gasteiger partial charge in [0.1, 0.15) is 0 Å². The number of nitrogens with one attached hydrogen (secondary N) is 2. The number of aliphatic imine (C=N–C) groups is 1. The second kappa shape index (κ2) is 10.5. The van der Waals surface area contributed by atoms with E-state index in [4.69, 9.17) is 9.73 Å². The number of ether oxygens (including phenoxy) is 1. The van der Waals surface area contributed by atoms with Crippen molar-refractivity contribution in [3.05, 3.63) is 71.3 Å². The molecule has 0 saturated heterocycles. The molecule has 1 atom stereocenters. The van der Waals surface area contributed by atoms with Crippen LogP contribution in [0.5, 0.6) is 0 Å². The second-order valence-electron chi connectivity index (χ2n) is 6.14. The first kappa shape index (κ1) is 19.0. The average Bonchev–Trinajstić information content (AvgIpc) is 2.65. The van der Waals surface area contributed by atoms with Crippen LogP contribution in [0, 0.1) is 0 Å². The molecular formula is C21H29N3O. The molecule has 0 aliphatic carbocycles. The van der Waals surface area contributed by atoms with Gasteiger partial charge in [0.05, 0.1) is 13.2 Å². The van der Waals surface area contributed by atoms with Crippen LogP contribution in [0.25, 0.3) is 0 Å². The molecule has 0 aliphatic rings. The van der Waals surface area contributed by atoms with Crippen LogP contribution in [0.15, 0.2) is 59.6 Å². The lowest BCUT2D eigenvalue weighted by Crippen LogP contribution is -2.39. The smallest absolute Gasteiger partial charge is 0.191 e. The van der Waals surface area contributed by atoms with Gasteiger partial charge >= 0.3 is 0 Å². The van der Waals surface area contributed by atoms with Gasteiger partial charge in [-0.15, -0.1) is 0 Å². The molecule has 0 spiro atoms. The van der Waals surface area contributed by atoms with Crippen molar-refractivity contribution in [3.63, 3.8) is 0 Å². The maximum atomic E-state index is 5.19. The topological polar surface area (TPSA) is 45.7 Å². The second-order valence-corrected chi connectivity index (χ2v) is 6.14. The molecule has 2 N–H and O–H groups in total. The number of hydrogen-bond acceptors (Lipinski definition) is 2. The van der Waals surface area contributed by atoms with E-state index in [1.165, 1.54) is 16.7 Å². The molecule has 1 unspecified atom stereocenters. The Morgan fingerprint density at radius 2 is 1.80 bits per heavy atom. The van der Waals surface area contributed by atoms with Crippen molar-refractivity contribution in [2.45, 2.75) is 32.9 Å². The van der Waals surface area contributed by atoms with Crippen LogP contribution in [-0.4, -0.2) is 26.2 Å². The van der Waals surface area contributed by atoms with Crippen molar-refractivity contribution in [3.8, 4) is 0 Å². The van der Waals surface area contributed by atoms with Crippen LogP contribution < -0.4 is 10.6 Å². The highest BCUT2D eigenvalue weighted by Gasteiger charge is 2.06. The predicted molar refractivity (Wildman–Crippen MR) is 105 cm³/mol. The molecule has 4 heteroatoms. The SMILES string of the molecule is CCNC(=NCc1cccc(COC)c1)NCC(C)c1ccccc1. The molecule has 0 fully saturated rings. The molecule has 0 heterocycles. The average molecular weight is 339 g/mol. The van der Waals surface area contributed by atoms with Crippen molar-refractivity contribution >= 4 is 5.96 Å². The van der Waals surface area contributed by atoms with Crippen molar-refractivity contribution in [2.24, 2.45) is 4.99 Å². The summed E-state index contributed by atoms with van der Waals surface area (Å²) in [7, 11) is 1.71. The van der Waals surface area contributed by atoms with E-state index in [1.54, 1.807) is 7.11 Å².